The van der Waals surface area contributed by atoms with Crippen LogP contribution in [0.1, 0.15) is 58.8 Å². The van der Waals surface area contributed by atoms with E-state index in [1.165, 1.54) is 0 Å². The molecule has 1 fully saturated rings. The molecule has 6 nitrogen and oxygen atoms in total. The standard InChI is InChI=1S/C28H44O6/c1-5-22(19-33-20-31-3)13-10-8-6-7-9-11-14-23-17-18-24-25(28(23,2)27(29)30)15-12-16-26(24)34-21-32-4/h5-6,8,10,13,17-18,23-26H,7,9,11-12,14-16,19-21H2,1-4H3,(H,29,30)/b8-6+,13-10+,22-5?/t23-,24+,25-,26+,28-/m1/s1. The first-order chi connectivity index (χ1) is 16.5. The van der Waals surface area contributed by atoms with Crippen molar-refractivity contribution in [2.45, 2.75) is 64.9 Å². The Hall–Kier alpha value is -1.73. The summed E-state index contributed by atoms with van der Waals surface area (Å²) in [5.41, 5.74) is 0.357. The maximum absolute atomic E-state index is 12.5. The van der Waals surface area contributed by atoms with Crippen LogP contribution in [0, 0.1) is 23.2 Å². The molecule has 0 bridgehead atoms. The molecule has 0 spiro atoms. The third kappa shape index (κ3) is 7.91. The maximum atomic E-state index is 12.5. The number of carboxylic acids is 1. The van der Waals surface area contributed by atoms with Crippen molar-refractivity contribution in [3.63, 3.8) is 0 Å². The molecular formula is C28H44O6. The van der Waals surface area contributed by atoms with E-state index in [0.29, 0.717) is 13.4 Å². The second-order valence-corrected chi connectivity index (χ2v) is 9.50. The van der Waals surface area contributed by atoms with Crippen molar-refractivity contribution in [1.29, 1.82) is 0 Å². The highest BCUT2D eigenvalue weighted by atomic mass is 16.7. The van der Waals surface area contributed by atoms with Gasteiger partial charge in [0, 0.05) is 20.1 Å². The van der Waals surface area contributed by atoms with Crippen LogP contribution >= 0.6 is 0 Å². The molecule has 1 saturated carbocycles. The molecule has 2 rings (SSSR count). The molecule has 0 aromatic heterocycles. The number of methoxy groups -OCH3 is 2. The predicted molar refractivity (Wildman–Crippen MR) is 134 cm³/mol. The quantitative estimate of drug-likeness (QED) is 0.137. The highest BCUT2D eigenvalue weighted by molar-refractivity contribution is 5.76. The van der Waals surface area contributed by atoms with Gasteiger partial charge in [-0.2, -0.15) is 0 Å². The van der Waals surface area contributed by atoms with Crippen molar-refractivity contribution in [1.82, 2.24) is 0 Å². The first-order valence-corrected chi connectivity index (χ1v) is 12.6. The summed E-state index contributed by atoms with van der Waals surface area (Å²) in [6.45, 7) is 5.04. The molecule has 0 heterocycles. The number of ether oxygens (including phenoxy) is 4. The van der Waals surface area contributed by atoms with Crippen LogP contribution in [0.5, 0.6) is 0 Å². The molecular weight excluding hydrogens is 432 g/mol. The van der Waals surface area contributed by atoms with E-state index in [9.17, 15) is 9.90 Å². The smallest absolute Gasteiger partial charge is 0.310 e. The number of aliphatic carboxylic acids is 1. The summed E-state index contributed by atoms with van der Waals surface area (Å²) < 4.78 is 21.3. The molecule has 6 heteroatoms. The fraction of sp³-hybridized carbons (Fsp3) is 0.679. The molecule has 2 aliphatic rings. The number of rotatable bonds is 15. The van der Waals surface area contributed by atoms with Crippen LogP contribution < -0.4 is 0 Å². The minimum atomic E-state index is -0.749. The van der Waals surface area contributed by atoms with Crippen LogP contribution in [0.15, 0.2) is 48.1 Å². The van der Waals surface area contributed by atoms with E-state index in [-0.39, 0.29) is 30.7 Å². The number of allylic oxidation sites excluding steroid dienone is 5. The molecule has 0 unspecified atom stereocenters. The van der Waals surface area contributed by atoms with E-state index in [0.717, 1.165) is 50.5 Å². The summed E-state index contributed by atoms with van der Waals surface area (Å²) in [6, 6.07) is 0. The van der Waals surface area contributed by atoms with E-state index in [1.807, 2.05) is 32.1 Å². The Labute approximate surface area is 205 Å². The lowest BCUT2D eigenvalue weighted by molar-refractivity contribution is -0.165. The Balaban J connectivity index is 1.85. The first kappa shape index (κ1) is 28.5. The molecule has 34 heavy (non-hydrogen) atoms. The third-order valence-corrected chi connectivity index (χ3v) is 7.40. The lowest BCUT2D eigenvalue weighted by Crippen LogP contribution is -2.51. The molecule has 0 radical (unpaired) electrons. The van der Waals surface area contributed by atoms with E-state index in [4.69, 9.17) is 18.9 Å². The minimum absolute atomic E-state index is 0.0439. The zero-order valence-electron chi connectivity index (χ0n) is 21.4. The van der Waals surface area contributed by atoms with E-state index in [1.54, 1.807) is 14.2 Å². The van der Waals surface area contributed by atoms with Gasteiger partial charge in [-0.15, -0.1) is 0 Å². The van der Waals surface area contributed by atoms with Crippen LogP contribution in [0.3, 0.4) is 0 Å². The third-order valence-electron chi connectivity index (χ3n) is 7.40. The van der Waals surface area contributed by atoms with Crippen LogP contribution in [0.2, 0.25) is 0 Å². The van der Waals surface area contributed by atoms with Gasteiger partial charge >= 0.3 is 5.97 Å². The second kappa shape index (κ2) is 15.3. The summed E-state index contributed by atoms with van der Waals surface area (Å²) in [6.07, 6.45) is 21.6. The second-order valence-electron chi connectivity index (χ2n) is 9.50. The monoisotopic (exact) mass is 476 g/mol. The highest BCUT2D eigenvalue weighted by Gasteiger charge is 2.53. The van der Waals surface area contributed by atoms with Gasteiger partial charge in [-0.3, -0.25) is 4.79 Å². The first-order valence-electron chi connectivity index (χ1n) is 12.6. The molecule has 0 aromatic carbocycles. The number of hydrogen-bond acceptors (Lipinski definition) is 5. The number of unbranched alkanes of at least 4 members (excludes halogenated alkanes) is 2. The van der Waals surface area contributed by atoms with Crippen LogP contribution in [-0.2, 0) is 23.7 Å². The van der Waals surface area contributed by atoms with E-state index < -0.39 is 11.4 Å². The van der Waals surface area contributed by atoms with Crippen LogP contribution in [0.4, 0.5) is 0 Å². The largest absolute Gasteiger partial charge is 0.481 e. The van der Waals surface area contributed by atoms with Crippen LogP contribution in [-0.4, -0.2) is 51.6 Å². The number of hydrogen-bond donors (Lipinski definition) is 1. The van der Waals surface area contributed by atoms with Crippen molar-refractivity contribution in [3.8, 4) is 0 Å². The zero-order chi connectivity index (χ0) is 24.8. The van der Waals surface area contributed by atoms with Gasteiger partial charge in [0.1, 0.15) is 13.6 Å². The minimum Gasteiger partial charge on any atom is -0.481 e. The van der Waals surface area contributed by atoms with Crippen molar-refractivity contribution in [2.75, 3.05) is 34.4 Å². The number of carboxylic acid groups (broad SMARTS) is 1. The average molecular weight is 477 g/mol. The van der Waals surface area contributed by atoms with E-state index in [2.05, 4.69) is 24.3 Å². The fourth-order valence-corrected chi connectivity index (χ4v) is 5.39. The Morgan fingerprint density at radius 1 is 1.12 bits per heavy atom. The SMILES string of the molecule is CC=C(/C=C/C=C/CCCC[C@@H]1C=C[C@@H]2[C@@H](OCOC)CCC[C@H]2[C@]1(C)C(=O)O)COCOC. The molecule has 1 N–H and O–H groups in total. The molecule has 2 aliphatic carbocycles. The van der Waals surface area contributed by atoms with Gasteiger partial charge < -0.3 is 24.1 Å². The van der Waals surface area contributed by atoms with Gasteiger partial charge in [0.2, 0.25) is 0 Å². The summed E-state index contributed by atoms with van der Waals surface area (Å²) in [5, 5.41) is 10.3. The van der Waals surface area contributed by atoms with Gasteiger partial charge in [-0.05, 0) is 63.4 Å². The van der Waals surface area contributed by atoms with Gasteiger partial charge in [-0.1, -0.05) is 55.4 Å². The predicted octanol–water partition coefficient (Wildman–Crippen LogP) is 5.91. The summed E-state index contributed by atoms with van der Waals surface area (Å²) >= 11 is 0. The van der Waals surface area contributed by atoms with Gasteiger partial charge in [0.25, 0.3) is 0 Å². The number of fused-ring (bicyclic) bond motifs is 1. The van der Waals surface area contributed by atoms with Gasteiger partial charge in [0.15, 0.2) is 0 Å². The lowest BCUT2D eigenvalue weighted by atomic mass is 9.55. The molecule has 0 saturated heterocycles. The molecule has 5 atom stereocenters. The fourth-order valence-electron chi connectivity index (χ4n) is 5.39. The van der Waals surface area contributed by atoms with Gasteiger partial charge in [-0.25, -0.2) is 0 Å². The summed E-state index contributed by atoms with van der Waals surface area (Å²) in [7, 11) is 3.24. The Morgan fingerprint density at radius 2 is 1.91 bits per heavy atom. The van der Waals surface area contributed by atoms with Crippen molar-refractivity contribution in [2.24, 2.45) is 23.2 Å². The van der Waals surface area contributed by atoms with E-state index >= 15 is 0 Å². The van der Waals surface area contributed by atoms with Crippen molar-refractivity contribution >= 4 is 5.97 Å². The topological polar surface area (TPSA) is 74.2 Å². The van der Waals surface area contributed by atoms with Gasteiger partial charge in [0.05, 0.1) is 18.1 Å². The molecule has 0 amide bonds. The lowest BCUT2D eigenvalue weighted by Gasteiger charge is -2.50. The zero-order valence-corrected chi connectivity index (χ0v) is 21.4. The highest BCUT2D eigenvalue weighted by Crippen LogP contribution is 2.52. The Bertz CT molecular complexity index is 724. The maximum Gasteiger partial charge on any atom is 0.310 e. The Kier molecular flexibility index (Phi) is 12.8. The molecule has 0 aliphatic heterocycles. The van der Waals surface area contributed by atoms with Crippen LogP contribution in [0.25, 0.3) is 0 Å². The number of carbonyl (C=O) groups is 1. The summed E-state index contributed by atoms with van der Waals surface area (Å²) in [4.78, 5) is 12.5. The molecule has 0 aromatic rings. The Morgan fingerprint density at radius 3 is 2.62 bits per heavy atom. The normalized spacial score (nSPS) is 29.7. The summed E-state index contributed by atoms with van der Waals surface area (Å²) in [5.74, 6) is -0.364. The van der Waals surface area contributed by atoms with Crippen molar-refractivity contribution in [3.05, 3.63) is 48.1 Å². The average Bonchev–Trinajstić information content (AvgIpc) is 2.84. The van der Waals surface area contributed by atoms with Crippen molar-refractivity contribution < 1.29 is 28.8 Å². The molecule has 192 valence electrons.